The van der Waals surface area contributed by atoms with Crippen molar-refractivity contribution in [1.82, 2.24) is 0 Å². The summed E-state index contributed by atoms with van der Waals surface area (Å²) in [5.41, 5.74) is 5.25. The van der Waals surface area contributed by atoms with E-state index in [0.29, 0.717) is 0 Å². The van der Waals surface area contributed by atoms with Gasteiger partial charge in [0.1, 0.15) is 5.25 Å². The van der Waals surface area contributed by atoms with Gasteiger partial charge in [0, 0.05) is 6.54 Å². The Labute approximate surface area is 90.4 Å². The molecular weight excluding hydrogens is 218 g/mol. The highest BCUT2D eigenvalue weighted by atomic mass is 32.2. The van der Waals surface area contributed by atoms with Crippen molar-refractivity contribution in [1.29, 1.82) is 0 Å². The number of hydrogen-bond donors (Lipinski definition) is 3. The fraction of sp³-hybridized carbons (Fsp3) is 1.00. The van der Waals surface area contributed by atoms with Gasteiger partial charge in [0.15, 0.2) is 0 Å². The summed E-state index contributed by atoms with van der Waals surface area (Å²) in [7, 11) is -4.21. The molecule has 1 aliphatic carbocycles. The number of nitrogens with two attached hydrogens (primary N) is 1. The summed E-state index contributed by atoms with van der Waals surface area (Å²) in [6.07, 6.45) is 3.31. The van der Waals surface area contributed by atoms with Crippen LogP contribution >= 0.6 is 0 Å². The van der Waals surface area contributed by atoms with Crippen LogP contribution in [0.3, 0.4) is 0 Å². The second-order valence-electron chi connectivity index (χ2n) is 4.18. The zero-order valence-corrected chi connectivity index (χ0v) is 9.49. The zero-order chi connectivity index (χ0) is 11.5. The molecule has 2 atom stereocenters. The zero-order valence-electron chi connectivity index (χ0n) is 8.67. The Bertz CT molecular complexity index is 284. The molecule has 1 saturated carbocycles. The van der Waals surface area contributed by atoms with Gasteiger partial charge in [-0.3, -0.25) is 4.55 Å². The maximum absolute atomic E-state index is 11.2. The van der Waals surface area contributed by atoms with E-state index in [1.54, 1.807) is 0 Å². The van der Waals surface area contributed by atoms with Crippen LogP contribution in [0.2, 0.25) is 0 Å². The van der Waals surface area contributed by atoms with Gasteiger partial charge < -0.3 is 10.8 Å². The highest BCUT2D eigenvalue weighted by Crippen LogP contribution is 2.31. The van der Waals surface area contributed by atoms with Gasteiger partial charge in [-0.1, -0.05) is 19.3 Å². The third-order valence-electron chi connectivity index (χ3n) is 3.08. The van der Waals surface area contributed by atoms with Gasteiger partial charge in [0.2, 0.25) is 0 Å². The second kappa shape index (κ2) is 5.25. The van der Waals surface area contributed by atoms with Crippen LogP contribution in [-0.4, -0.2) is 36.0 Å². The van der Waals surface area contributed by atoms with Crippen LogP contribution in [0.25, 0.3) is 0 Å². The fourth-order valence-corrected chi connectivity index (χ4v) is 3.62. The minimum absolute atomic E-state index is 0.138. The summed E-state index contributed by atoms with van der Waals surface area (Å²) in [5.74, 6) is -0.160. The standard InChI is InChI=1S/C9H19NO4S/c10-6-8(11)9(15(12,13)14)7-4-2-1-3-5-7/h7-9,11H,1-6,10H2,(H,12,13,14). The third kappa shape index (κ3) is 3.41. The molecule has 0 radical (unpaired) electrons. The molecule has 0 aromatic carbocycles. The first-order chi connectivity index (χ1) is 6.96. The first kappa shape index (κ1) is 12.9. The minimum Gasteiger partial charge on any atom is -0.390 e. The van der Waals surface area contributed by atoms with E-state index < -0.39 is 21.5 Å². The number of aliphatic hydroxyl groups excluding tert-OH is 1. The van der Waals surface area contributed by atoms with E-state index in [1.165, 1.54) is 0 Å². The molecule has 0 bridgehead atoms. The Kier molecular flexibility index (Phi) is 4.51. The van der Waals surface area contributed by atoms with Gasteiger partial charge in [-0.05, 0) is 18.8 Å². The van der Waals surface area contributed by atoms with Crippen molar-refractivity contribution in [2.24, 2.45) is 11.7 Å². The topological polar surface area (TPSA) is 101 Å². The highest BCUT2D eigenvalue weighted by Gasteiger charge is 2.37. The quantitative estimate of drug-likeness (QED) is 0.604. The van der Waals surface area contributed by atoms with Gasteiger partial charge in [0.25, 0.3) is 10.1 Å². The molecule has 0 spiro atoms. The van der Waals surface area contributed by atoms with Crippen molar-refractivity contribution in [3.63, 3.8) is 0 Å². The van der Waals surface area contributed by atoms with Gasteiger partial charge in [-0.2, -0.15) is 8.42 Å². The predicted molar refractivity (Wildman–Crippen MR) is 57.0 cm³/mol. The van der Waals surface area contributed by atoms with Gasteiger partial charge in [-0.15, -0.1) is 0 Å². The summed E-state index contributed by atoms with van der Waals surface area (Å²) in [5, 5.41) is 8.43. The van der Waals surface area contributed by atoms with Gasteiger partial charge in [0.05, 0.1) is 6.10 Å². The monoisotopic (exact) mass is 237 g/mol. The van der Waals surface area contributed by atoms with Gasteiger partial charge >= 0.3 is 0 Å². The van der Waals surface area contributed by atoms with Crippen LogP contribution in [0.1, 0.15) is 32.1 Å². The summed E-state index contributed by atoms with van der Waals surface area (Å²) >= 11 is 0. The molecule has 1 fully saturated rings. The van der Waals surface area contributed by atoms with Crippen LogP contribution in [0, 0.1) is 5.92 Å². The summed E-state index contributed by atoms with van der Waals surface area (Å²) in [6, 6.07) is 0. The van der Waals surface area contributed by atoms with Gasteiger partial charge in [-0.25, -0.2) is 0 Å². The molecule has 15 heavy (non-hydrogen) atoms. The smallest absolute Gasteiger partial charge is 0.270 e. The SMILES string of the molecule is NCC(O)C(C1CCCCC1)S(=O)(=O)O. The van der Waals surface area contributed by atoms with Crippen LogP contribution in [-0.2, 0) is 10.1 Å². The maximum atomic E-state index is 11.2. The molecule has 0 aromatic rings. The average Bonchev–Trinajstić information content (AvgIpc) is 2.17. The Morgan fingerprint density at radius 2 is 1.80 bits per heavy atom. The molecule has 6 heteroatoms. The van der Waals surface area contributed by atoms with Crippen LogP contribution in [0.15, 0.2) is 0 Å². The maximum Gasteiger partial charge on any atom is 0.270 e. The molecule has 0 heterocycles. The fourth-order valence-electron chi connectivity index (χ4n) is 2.35. The van der Waals surface area contributed by atoms with E-state index in [-0.39, 0.29) is 12.5 Å². The first-order valence-corrected chi connectivity index (χ1v) is 6.81. The molecule has 0 saturated heterocycles. The lowest BCUT2D eigenvalue weighted by Gasteiger charge is -2.30. The number of hydrogen-bond acceptors (Lipinski definition) is 4. The number of aliphatic hydroxyl groups is 1. The lowest BCUT2D eigenvalue weighted by Crippen LogP contribution is -2.44. The molecule has 2 unspecified atom stereocenters. The molecule has 0 aliphatic heterocycles. The largest absolute Gasteiger partial charge is 0.390 e. The van der Waals surface area contributed by atoms with Crippen molar-refractivity contribution in [2.45, 2.75) is 43.5 Å². The van der Waals surface area contributed by atoms with Crippen molar-refractivity contribution < 1.29 is 18.1 Å². The lowest BCUT2D eigenvalue weighted by molar-refractivity contribution is 0.136. The summed E-state index contributed by atoms with van der Waals surface area (Å²) in [6.45, 7) is -0.138. The highest BCUT2D eigenvalue weighted by molar-refractivity contribution is 7.86. The van der Waals surface area contributed by atoms with Crippen molar-refractivity contribution in [3.8, 4) is 0 Å². The summed E-state index contributed by atoms with van der Waals surface area (Å²) in [4.78, 5) is 0. The Morgan fingerprint density at radius 1 is 1.27 bits per heavy atom. The second-order valence-corrected chi connectivity index (χ2v) is 5.76. The van der Waals surface area contributed by atoms with E-state index in [9.17, 15) is 13.5 Å². The molecule has 4 N–H and O–H groups in total. The lowest BCUT2D eigenvalue weighted by atomic mass is 9.85. The normalized spacial score (nSPS) is 23.7. The van der Waals surface area contributed by atoms with E-state index in [2.05, 4.69) is 0 Å². The first-order valence-electron chi connectivity index (χ1n) is 5.31. The minimum atomic E-state index is -4.21. The van der Waals surface area contributed by atoms with Crippen LogP contribution < -0.4 is 5.73 Å². The molecule has 5 nitrogen and oxygen atoms in total. The molecule has 0 amide bonds. The van der Waals surface area contributed by atoms with Crippen molar-refractivity contribution in [2.75, 3.05) is 6.54 Å². The van der Waals surface area contributed by atoms with E-state index in [0.717, 1.165) is 32.1 Å². The Hall–Kier alpha value is -0.170. The average molecular weight is 237 g/mol. The van der Waals surface area contributed by atoms with Crippen molar-refractivity contribution in [3.05, 3.63) is 0 Å². The molecule has 1 aliphatic rings. The van der Waals surface area contributed by atoms with E-state index in [1.807, 2.05) is 0 Å². The van der Waals surface area contributed by atoms with Crippen molar-refractivity contribution >= 4 is 10.1 Å². The number of rotatable bonds is 4. The molecular formula is C9H19NO4S. The summed E-state index contributed by atoms with van der Waals surface area (Å²) < 4.78 is 31.4. The Balaban J connectivity index is 2.80. The molecule has 0 aromatic heterocycles. The third-order valence-corrected chi connectivity index (χ3v) is 4.47. The predicted octanol–water partition coefficient (Wildman–Crippen LogP) is 0.143. The van der Waals surface area contributed by atoms with E-state index >= 15 is 0 Å². The van der Waals surface area contributed by atoms with Crippen LogP contribution in [0.4, 0.5) is 0 Å². The molecule has 90 valence electrons. The molecule has 1 rings (SSSR count). The van der Waals surface area contributed by atoms with E-state index in [4.69, 9.17) is 10.3 Å². The van der Waals surface area contributed by atoms with Crippen LogP contribution in [0.5, 0.6) is 0 Å². The Morgan fingerprint density at radius 3 is 2.20 bits per heavy atom.